The van der Waals surface area contributed by atoms with Crippen LogP contribution in [-0.4, -0.2) is 31.6 Å². The molecular weight excluding hydrogens is 263 g/mol. The molecule has 0 fully saturated rings. The molecule has 0 aromatic rings. The van der Waals surface area contributed by atoms with Crippen molar-refractivity contribution in [3.63, 3.8) is 0 Å². The molecular formula is C18H31FN2. The Kier molecular flexibility index (Phi) is 7.73. The molecule has 21 heavy (non-hydrogen) atoms. The van der Waals surface area contributed by atoms with Gasteiger partial charge in [0.1, 0.15) is 0 Å². The maximum Gasteiger partial charge on any atom is 0.0836 e. The monoisotopic (exact) mass is 294 g/mol. The van der Waals surface area contributed by atoms with E-state index in [1.165, 1.54) is 5.57 Å². The first-order chi connectivity index (χ1) is 10.2. The van der Waals surface area contributed by atoms with Gasteiger partial charge in [0, 0.05) is 18.5 Å². The zero-order valence-corrected chi connectivity index (χ0v) is 14.0. The lowest BCUT2D eigenvalue weighted by Crippen LogP contribution is -2.30. The molecule has 0 aromatic carbocycles. The molecule has 1 aliphatic heterocycles. The first kappa shape index (κ1) is 18.0. The molecule has 1 aliphatic rings. The molecule has 1 rings (SSSR count). The van der Waals surface area contributed by atoms with Gasteiger partial charge in [0.05, 0.1) is 6.33 Å². The number of allylic oxidation sites excluding steroid dienone is 2. The van der Waals surface area contributed by atoms with Crippen LogP contribution in [0.25, 0.3) is 0 Å². The summed E-state index contributed by atoms with van der Waals surface area (Å²) in [5, 5.41) is 3.24. The van der Waals surface area contributed by atoms with E-state index in [-0.39, 0.29) is 5.41 Å². The zero-order chi connectivity index (χ0) is 15.7. The van der Waals surface area contributed by atoms with Crippen molar-refractivity contribution in [1.29, 1.82) is 0 Å². The fourth-order valence-corrected chi connectivity index (χ4v) is 3.29. The molecule has 2 atom stereocenters. The van der Waals surface area contributed by atoms with Crippen LogP contribution in [0, 0.1) is 11.3 Å². The third-order valence-electron chi connectivity index (χ3n) is 4.56. The van der Waals surface area contributed by atoms with Crippen LogP contribution < -0.4 is 5.32 Å². The van der Waals surface area contributed by atoms with Crippen LogP contribution in [0.15, 0.2) is 36.3 Å². The topological polar surface area (TPSA) is 15.3 Å². The molecule has 120 valence electrons. The number of rotatable bonds is 9. The van der Waals surface area contributed by atoms with Crippen LogP contribution in [0.2, 0.25) is 0 Å². The minimum Gasteiger partial charge on any atom is -0.376 e. The van der Waals surface area contributed by atoms with Gasteiger partial charge in [0.25, 0.3) is 0 Å². The second-order valence-electron chi connectivity index (χ2n) is 5.87. The summed E-state index contributed by atoms with van der Waals surface area (Å²) in [4.78, 5) is 2.32. The van der Waals surface area contributed by atoms with E-state index < -0.39 is 0 Å². The Morgan fingerprint density at radius 2 is 2.24 bits per heavy atom. The second-order valence-corrected chi connectivity index (χ2v) is 5.87. The molecule has 1 N–H and O–H groups in total. The van der Waals surface area contributed by atoms with Crippen LogP contribution in [0.4, 0.5) is 4.39 Å². The highest BCUT2D eigenvalue weighted by Crippen LogP contribution is 2.45. The molecule has 0 aliphatic carbocycles. The van der Waals surface area contributed by atoms with Crippen molar-refractivity contribution >= 4 is 0 Å². The highest BCUT2D eigenvalue weighted by molar-refractivity contribution is 5.31. The number of hydrogen-bond acceptors (Lipinski definition) is 2. The first-order valence-electron chi connectivity index (χ1n) is 8.17. The Labute approximate surface area is 129 Å². The van der Waals surface area contributed by atoms with Crippen LogP contribution >= 0.6 is 0 Å². The quantitative estimate of drug-likeness (QED) is 0.639. The van der Waals surface area contributed by atoms with Crippen LogP contribution in [-0.2, 0) is 0 Å². The van der Waals surface area contributed by atoms with E-state index in [1.807, 2.05) is 14.0 Å². The largest absolute Gasteiger partial charge is 0.376 e. The maximum atomic E-state index is 13.1. The second kappa shape index (κ2) is 9.04. The van der Waals surface area contributed by atoms with Crippen molar-refractivity contribution in [3.05, 3.63) is 36.3 Å². The Hall–Kier alpha value is -1.09. The molecule has 0 bridgehead atoms. The third-order valence-corrected chi connectivity index (χ3v) is 4.56. The van der Waals surface area contributed by atoms with Gasteiger partial charge < -0.3 is 10.2 Å². The van der Waals surface area contributed by atoms with Crippen molar-refractivity contribution in [2.75, 3.05) is 26.7 Å². The minimum atomic E-state index is -0.175. The number of nitrogens with zero attached hydrogens (tertiary/aromatic N) is 1. The van der Waals surface area contributed by atoms with Gasteiger partial charge in [0.15, 0.2) is 0 Å². The van der Waals surface area contributed by atoms with Crippen LogP contribution in [0.3, 0.4) is 0 Å². The molecule has 1 heterocycles. The average Bonchev–Trinajstić information content (AvgIpc) is 2.86. The van der Waals surface area contributed by atoms with Crippen LogP contribution in [0.1, 0.15) is 40.0 Å². The van der Waals surface area contributed by atoms with Gasteiger partial charge >= 0.3 is 0 Å². The predicted octanol–water partition coefficient (Wildman–Crippen LogP) is 4.28. The van der Waals surface area contributed by atoms with E-state index in [4.69, 9.17) is 0 Å². The Morgan fingerprint density at radius 3 is 2.76 bits per heavy atom. The van der Waals surface area contributed by atoms with E-state index >= 15 is 0 Å². The third kappa shape index (κ3) is 4.44. The Morgan fingerprint density at radius 1 is 1.48 bits per heavy atom. The lowest BCUT2D eigenvalue weighted by Gasteiger charge is -2.32. The van der Waals surface area contributed by atoms with Gasteiger partial charge in [-0.15, -0.1) is 0 Å². The molecule has 0 radical (unpaired) electrons. The SMILES string of the molecule is C/C=C\CC1(/C=C/F)CN(CC)C=C1C(CC)CCNC. The standard InChI is InChI=1S/C18H31FN2/c1-5-8-10-18(11-12-19)15-21(7-3)14-17(18)16(6-2)9-13-20-4/h5,8,11-12,14,16,20H,6-7,9-10,13,15H2,1-4H3/b8-5-,12-11+. The molecule has 0 spiro atoms. The lowest BCUT2D eigenvalue weighted by atomic mass is 9.72. The average molecular weight is 294 g/mol. The first-order valence-corrected chi connectivity index (χ1v) is 8.17. The van der Waals surface area contributed by atoms with E-state index in [0.29, 0.717) is 5.92 Å². The minimum absolute atomic E-state index is 0.175. The van der Waals surface area contributed by atoms with Crippen molar-refractivity contribution in [2.24, 2.45) is 11.3 Å². The Balaban J connectivity index is 3.10. The summed E-state index contributed by atoms with van der Waals surface area (Å²) in [6.07, 6.45) is 12.1. The van der Waals surface area contributed by atoms with Crippen molar-refractivity contribution < 1.29 is 4.39 Å². The van der Waals surface area contributed by atoms with Gasteiger partial charge in [-0.3, -0.25) is 0 Å². The Bertz CT molecular complexity index is 387. The van der Waals surface area contributed by atoms with Gasteiger partial charge in [-0.1, -0.05) is 19.1 Å². The van der Waals surface area contributed by atoms with Crippen molar-refractivity contribution in [1.82, 2.24) is 10.2 Å². The van der Waals surface area contributed by atoms with E-state index in [1.54, 1.807) is 6.08 Å². The van der Waals surface area contributed by atoms with Crippen molar-refractivity contribution in [3.8, 4) is 0 Å². The molecule has 2 unspecified atom stereocenters. The van der Waals surface area contributed by atoms with Crippen LogP contribution in [0.5, 0.6) is 0 Å². The number of nitrogens with one attached hydrogen (secondary N) is 1. The highest BCUT2D eigenvalue weighted by atomic mass is 19.1. The smallest absolute Gasteiger partial charge is 0.0836 e. The summed E-state index contributed by atoms with van der Waals surface area (Å²) < 4.78 is 13.1. The van der Waals surface area contributed by atoms with E-state index in [2.05, 4.69) is 42.4 Å². The molecule has 2 nitrogen and oxygen atoms in total. The molecule has 3 heteroatoms. The summed E-state index contributed by atoms with van der Waals surface area (Å²) in [6, 6.07) is 0. The van der Waals surface area contributed by atoms with Gasteiger partial charge in [-0.2, -0.15) is 0 Å². The zero-order valence-electron chi connectivity index (χ0n) is 14.0. The van der Waals surface area contributed by atoms with E-state index in [9.17, 15) is 4.39 Å². The normalized spacial score (nSPS) is 24.2. The molecule has 0 saturated heterocycles. The lowest BCUT2D eigenvalue weighted by molar-refractivity contribution is 0.314. The fraction of sp³-hybridized carbons (Fsp3) is 0.667. The molecule has 0 aromatic heterocycles. The summed E-state index contributed by atoms with van der Waals surface area (Å²) in [7, 11) is 1.99. The van der Waals surface area contributed by atoms with Gasteiger partial charge in [-0.05, 0) is 70.5 Å². The summed E-state index contributed by atoms with van der Waals surface area (Å²) >= 11 is 0. The van der Waals surface area contributed by atoms with Crippen molar-refractivity contribution in [2.45, 2.75) is 40.0 Å². The van der Waals surface area contributed by atoms with Gasteiger partial charge in [-0.25, -0.2) is 4.39 Å². The predicted molar refractivity (Wildman–Crippen MR) is 89.8 cm³/mol. The molecule has 0 saturated carbocycles. The number of halogens is 1. The van der Waals surface area contributed by atoms with E-state index in [0.717, 1.165) is 45.2 Å². The summed E-state index contributed by atoms with van der Waals surface area (Å²) in [5.41, 5.74) is 1.22. The molecule has 0 amide bonds. The highest BCUT2D eigenvalue weighted by Gasteiger charge is 2.40. The summed E-state index contributed by atoms with van der Waals surface area (Å²) in [6.45, 7) is 9.29. The summed E-state index contributed by atoms with van der Waals surface area (Å²) in [5.74, 6) is 0.510. The maximum absolute atomic E-state index is 13.1. The van der Waals surface area contributed by atoms with Gasteiger partial charge in [0.2, 0.25) is 0 Å². The fourth-order valence-electron chi connectivity index (χ4n) is 3.29. The number of hydrogen-bond donors (Lipinski definition) is 1.